The van der Waals surface area contributed by atoms with Crippen LogP contribution in [0.4, 0.5) is 0 Å². The van der Waals surface area contributed by atoms with E-state index >= 15 is 0 Å². The molecule has 22 heavy (non-hydrogen) atoms. The van der Waals surface area contributed by atoms with Crippen LogP contribution in [0.2, 0.25) is 0 Å². The number of thiazole rings is 1. The highest BCUT2D eigenvalue weighted by atomic mass is 32.1. The quantitative estimate of drug-likeness (QED) is 0.880. The minimum Gasteiger partial charge on any atom is -0.367 e. The summed E-state index contributed by atoms with van der Waals surface area (Å²) in [5.41, 5.74) is 1.74. The van der Waals surface area contributed by atoms with E-state index in [4.69, 9.17) is 4.74 Å². The van der Waals surface area contributed by atoms with Crippen molar-refractivity contribution in [2.24, 2.45) is 0 Å². The highest BCUT2D eigenvalue weighted by Crippen LogP contribution is 2.24. The van der Waals surface area contributed by atoms with Crippen molar-refractivity contribution < 1.29 is 9.53 Å². The molecule has 2 atom stereocenters. The molecule has 0 saturated heterocycles. The Balaban J connectivity index is 2.06. The van der Waals surface area contributed by atoms with E-state index < -0.39 is 6.10 Å². The number of rotatable bonds is 6. The third kappa shape index (κ3) is 3.93. The van der Waals surface area contributed by atoms with E-state index in [1.807, 2.05) is 42.6 Å². The Labute approximate surface area is 135 Å². The van der Waals surface area contributed by atoms with Crippen molar-refractivity contribution in [3.05, 3.63) is 52.0 Å². The number of methoxy groups -OCH3 is 1. The van der Waals surface area contributed by atoms with Gasteiger partial charge >= 0.3 is 0 Å². The van der Waals surface area contributed by atoms with E-state index in [2.05, 4.69) is 24.1 Å². The van der Waals surface area contributed by atoms with E-state index in [1.165, 1.54) is 0 Å². The summed E-state index contributed by atoms with van der Waals surface area (Å²) in [6, 6.07) is 9.34. The molecule has 0 unspecified atom stereocenters. The van der Waals surface area contributed by atoms with E-state index in [0.717, 1.165) is 16.3 Å². The SMILES string of the molecule is CO[C@@H](C(=O)N[C@@H](C)c1csc(C(C)C)n1)c1ccccc1. The van der Waals surface area contributed by atoms with Gasteiger partial charge in [-0.2, -0.15) is 0 Å². The predicted octanol–water partition coefficient (Wildman–Crippen LogP) is 3.83. The monoisotopic (exact) mass is 318 g/mol. The van der Waals surface area contributed by atoms with Gasteiger partial charge in [0.25, 0.3) is 5.91 Å². The number of nitrogens with one attached hydrogen (secondary N) is 1. The maximum atomic E-state index is 12.4. The molecule has 1 aromatic carbocycles. The molecule has 0 bridgehead atoms. The van der Waals surface area contributed by atoms with Crippen molar-refractivity contribution in [3.8, 4) is 0 Å². The standard InChI is InChI=1S/C17H22N2O2S/c1-11(2)17-19-14(10-22-17)12(3)18-16(20)15(21-4)13-8-6-5-7-9-13/h5-12,15H,1-4H3,(H,18,20)/t12-,15+/m0/s1. The topological polar surface area (TPSA) is 51.2 Å². The Bertz CT molecular complexity index is 610. The summed E-state index contributed by atoms with van der Waals surface area (Å²) in [6.07, 6.45) is -0.605. The van der Waals surface area contributed by atoms with Gasteiger partial charge in [-0.3, -0.25) is 4.79 Å². The molecule has 0 aliphatic carbocycles. The number of carbonyl (C=O) groups excluding carboxylic acids is 1. The molecule has 0 saturated carbocycles. The second-order valence-corrected chi connectivity index (χ2v) is 6.41. The minimum absolute atomic E-state index is 0.141. The van der Waals surface area contributed by atoms with E-state index in [1.54, 1.807) is 18.4 Å². The second-order valence-electron chi connectivity index (χ2n) is 5.52. The molecule has 1 heterocycles. The maximum Gasteiger partial charge on any atom is 0.254 e. The van der Waals surface area contributed by atoms with Gasteiger partial charge in [-0.25, -0.2) is 4.98 Å². The van der Waals surface area contributed by atoms with Crippen molar-refractivity contribution in [2.45, 2.75) is 38.8 Å². The molecule has 0 aliphatic rings. The first-order valence-electron chi connectivity index (χ1n) is 7.36. The van der Waals surface area contributed by atoms with Gasteiger partial charge in [0.15, 0.2) is 6.10 Å². The smallest absolute Gasteiger partial charge is 0.254 e. The van der Waals surface area contributed by atoms with Gasteiger partial charge in [-0.05, 0) is 12.5 Å². The number of benzene rings is 1. The number of nitrogens with zero attached hydrogens (tertiary/aromatic N) is 1. The van der Waals surface area contributed by atoms with Crippen molar-refractivity contribution in [1.29, 1.82) is 0 Å². The molecule has 0 aliphatic heterocycles. The Morgan fingerprint density at radius 3 is 2.45 bits per heavy atom. The van der Waals surface area contributed by atoms with Gasteiger partial charge in [0.2, 0.25) is 0 Å². The first kappa shape index (κ1) is 16.6. The normalized spacial score (nSPS) is 13.9. The molecule has 5 heteroatoms. The number of carbonyl (C=O) groups is 1. The molecule has 4 nitrogen and oxygen atoms in total. The zero-order chi connectivity index (χ0) is 16.1. The summed E-state index contributed by atoms with van der Waals surface area (Å²) in [6.45, 7) is 6.17. The second kappa shape index (κ2) is 7.51. The van der Waals surface area contributed by atoms with Crippen LogP contribution in [0, 0.1) is 0 Å². The molecular weight excluding hydrogens is 296 g/mol. The van der Waals surface area contributed by atoms with Crippen molar-refractivity contribution in [3.63, 3.8) is 0 Å². The van der Waals surface area contributed by atoms with Crippen LogP contribution >= 0.6 is 11.3 Å². The summed E-state index contributed by atoms with van der Waals surface area (Å²) in [5.74, 6) is 0.248. The summed E-state index contributed by atoms with van der Waals surface area (Å²) < 4.78 is 5.35. The van der Waals surface area contributed by atoms with Gasteiger partial charge < -0.3 is 10.1 Å². The molecule has 0 fully saturated rings. The summed E-state index contributed by atoms with van der Waals surface area (Å²) in [4.78, 5) is 17.0. The number of hydrogen-bond donors (Lipinski definition) is 1. The zero-order valence-corrected chi connectivity index (χ0v) is 14.2. The van der Waals surface area contributed by atoms with Crippen LogP contribution in [0.1, 0.15) is 55.1 Å². The van der Waals surface area contributed by atoms with Crippen molar-refractivity contribution >= 4 is 17.2 Å². The Hall–Kier alpha value is -1.72. The van der Waals surface area contributed by atoms with E-state index in [0.29, 0.717) is 5.92 Å². The average Bonchev–Trinajstić information content (AvgIpc) is 2.99. The first-order valence-corrected chi connectivity index (χ1v) is 8.24. The third-order valence-corrected chi connectivity index (χ3v) is 4.58. The fraction of sp³-hybridized carbons (Fsp3) is 0.412. The highest BCUT2D eigenvalue weighted by Gasteiger charge is 2.22. The summed E-state index contributed by atoms with van der Waals surface area (Å²) >= 11 is 1.63. The predicted molar refractivity (Wildman–Crippen MR) is 89.0 cm³/mol. The molecule has 1 N–H and O–H groups in total. The van der Waals surface area contributed by atoms with Gasteiger partial charge in [-0.1, -0.05) is 44.2 Å². The molecule has 118 valence electrons. The van der Waals surface area contributed by atoms with Gasteiger partial charge in [0.1, 0.15) is 0 Å². The number of aromatic nitrogens is 1. The average molecular weight is 318 g/mol. The molecule has 1 amide bonds. The van der Waals surface area contributed by atoms with Crippen LogP contribution in [0.3, 0.4) is 0 Å². The molecule has 0 radical (unpaired) electrons. The summed E-state index contributed by atoms with van der Waals surface area (Å²) in [5, 5.41) is 6.07. The Morgan fingerprint density at radius 2 is 1.91 bits per heavy atom. The number of ether oxygens (including phenoxy) is 1. The number of amides is 1. The zero-order valence-electron chi connectivity index (χ0n) is 13.4. The number of hydrogen-bond acceptors (Lipinski definition) is 4. The van der Waals surface area contributed by atoms with Crippen LogP contribution in [0.25, 0.3) is 0 Å². The fourth-order valence-electron chi connectivity index (χ4n) is 2.15. The van der Waals surface area contributed by atoms with E-state index in [9.17, 15) is 4.79 Å². The maximum absolute atomic E-state index is 12.4. The molecular formula is C17H22N2O2S. The molecule has 2 aromatic rings. The minimum atomic E-state index is -0.605. The lowest BCUT2D eigenvalue weighted by Gasteiger charge is -2.18. The van der Waals surface area contributed by atoms with Crippen LogP contribution in [0.15, 0.2) is 35.7 Å². The van der Waals surface area contributed by atoms with Gasteiger partial charge in [-0.15, -0.1) is 11.3 Å². The molecule has 1 aromatic heterocycles. The van der Waals surface area contributed by atoms with Crippen LogP contribution in [-0.2, 0) is 9.53 Å². The van der Waals surface area contributed by atoms with Crippen molar-refractivity contribution in [2.75, 3.05) is 7.11 Å². The van der Waals surface area contributed by atoms with E-state index in [-0.39, 0.29) is 11.9 Å². The molecule has 2 rings (SSSR count). The third-order valence-electron chi connectivity index (χ3n) is 3.41. The largest absolute Gasteiger partial charge is 0.367 e. The van der Waals surface area contributed by atoms with Crippen LogP contribution < -0.4 is 5.32 Å². The Morgan fingerprint density at radius 1 is 1.23 bits per heavy atom. The van der Waals surface area contributed by atoms with Crippen LogP contribution in [-0.4, -0.2) is 18.0 Å². The Kier molecular flexibility index (Phi) is 5.69. The highest BCUT2D eigenvalue weighted by molar-refractivity contribution is 7.09. The lowest BCUT2D eigenvalue weighted by atomic mass is 10.1. The molecule has 0 spiro atoms. The fourth-order valence-corrected chi connectivity index (χ4v) is 3.08. The van der Waals surface area contributed by atoms with Gasteiger partial charge in [0.05, 0.1) is 16.7 Å². The van der Waals surface area contributed by atoms with Crippen LogP contribution in [0.5, 0.6) is 0 Å². The first-order chi connectivity index (χ1) is 10.5. The van der Waals surface area contributed by atoms with Gasteiger partial charge in [0, 0.05) is 18.4 Å². The summed E-state index contributed by atoms with van der Waals surface area (Å²) in [7, 11) is 1.54. The lowest BCUT2D eigenvalue weighted by molar-refractivity contribution is -0.132. The van der Waals surface area contributed by atoms with Crippen molar-refractivity contribution in [1.82, 2.24) is 10.3 Å². The lowest BCUT2D eigenvalue weighted by Crippen LogP contribution is -2.32.